The Morgan fingerprint density at radius 1 is 1.37 bits per heavy atom. The second kappa shape index (κ2) is 5.56. The van der Waals surface area contributed by atoms with Crippen molar-refractivity contribution in [1.29, 1.82) is 0 Å². The van der Waals surface area contributed by atoms with Gasteiger partial charge in [-0.1, -0.05) is 6.07 Å². The first-order valence-corrected chi connectivity index (χ1v) is 6.18. The molecule has 2 aromatic rings. The summed E-state index contributed by atoms with van der Waals surface area (Å²) in [7, 11) is 3.54. The summed E-state index contributed by atoms with van der Waals surface area (Å²) in [5.41, 5.74) is 2.64. The van der Waals surface area contributed by atoms with Crippen LogP contribution in [0.4, 0.5) is 5.69 Å². The van der Waals surface area contributed by atoms with E-state index in [2.05, 4.69) is 22.7 Å². The zero-order valence-corrected chi connectivity index (χ0v) is 11.3. The maximum atomic E-state index is 11.6. The average molecular weight is 258 g/mol. The average Bonchev–Trinajstić information content (AvgIpc) is 2.84. The molecular weight excluding hydrogens is 240 g/mol. The molecule has 1 amide bonds. The van der Waals surface area contributed by atoms with Gasteiger partial charge < -0.3 is 10.6 Å². The molecular formula is C14H18N4O. The molecule has 1 aromatic carbocycles. The lowest BCUT2D eigenvalue weighted by atomic mass is 10.1. The quantitative estimate of drug-likeness (QED) is 0.881. The van der Waals surface area contributed by atoms with Crippen LogP contribution < -0.4 is 10.6 Å². The van der Waals surface area contributed by atoms with Gasteiger partial charge in [-0.3, -0.25) is 9.48 Å². The van der Waals surface area contributed by atoms with Crippen molar-refractivity contribution in [3.63, 3.8) is 0 Å². The SMILES string of the molecule is CNC(=O)c1cccc(NC(C)c2ccnn2C)c1. The van der Waals surface area contributed by atoms with Crippen LogP contribution in [0.25, 0.3) is 0 Å². The number of rotatable bonds is 4. The maximum Gasteiger partial charge on any atom is 0.251 e. The van der Waals surface area contributed by atoms with Gasteiger partial charge in [-0.05, 0) is 31.2 Å². The Morgan fingerprint density at radius 2 is 2.16 bits per heavy atom. The Labute approximate surface area is 112 Å². The third-order valence-corrected chi connectivity index (χ3v) is 3.04. The molecule has 0 radical (unpaired) electrons. The molecule has 5 heteroatoms. The lowest BCUT2D eigenvalue weighted by molar-refractivity contribution is 0.0963. The van der Waals surface area contributed by atoms with Gasteiger partial charge in [-0.25, -0.2) is 0 Å². The maximum absolute atomic E-state index is 11.6. The highest BCUT2D eigenvalue weighted by Crippen LogP contribution is 2.19. The lowest BCUT2D eigenvalue weighted by Crippen LogP contribution is -2.18. The van der Waals surface area contributed by atoms with E-state index < -0.39 is 0 Å². The topological polar surface area (TPSA) is 59.0 Å². The molecule has 1 unspecified atom stereocenters. The molecule has 1 heterocycles. The number of nitrogens with zero attached hydrogens (tertiary/aromatic N) is 2. The van der Waals surface area contributed by atoms with Crippen LogP contribution in [0.5, 0.6) is 0 Å². The summed E-state index contributed by atoms with van der Waals surface area (Å²) < 4.78 is 1.83. The van der Waals surface area contributed by atoms with Crippen LogP contribution in [-0.4, -0.2) is 22.7 Å². The highest BCUT2D eigenvalue weighted by molar-refractivity contribution is 5.94. The molecule has 100 valence electrons. The summed E-state index contributed by atoms with van der Waals surface area (Å²) in [4.78, 5) is 11.6. The second-order valence-electron chi connectivity index (χ2n) is 4.41. The third-order valence-electron chi connectivity index (χ3n) is 3.04. The molecule has 2 N–H and O–H groups in total. The van der Waals surface area contributed by atoms with Crippen LogP contribution in [-0.2, 0) is 7.05 Å². The smallest absolute Gasteiger partial charge is 0.251 e. The normalized spacial score (nSPS) is 11.9. The van der Waals surface area contributed by atoms with Crippen LogP contribution in [0, 0.1) is 0 Å². The van der Waals surface area contributed by atoms with Gasteiger partial charge in [-0.15, -0.1) is 0 Å². The first-order chi connectivity index (χ1) is 9.11. The monoisotopic (exact) mass is 258 g/mol. The van der Waals surface area contributed by atoms with Crippen LogP contribution >= 0.6 is 0 Å². The number of aromatic nitrogens is 2. The van der Waals surface area contributed by atoms with Gasteiger partial charge in [-0.2, -0.15) is 5.10 Å². The van der Waals surface area contributed by atoms with Crippen molar-refractivity contribution in [1.82, 2.24) is 15.1 Å². The minimum Gasteiger partial charge on any atom is -0.377 e. The van der Waals surface area contributed by atoms with Gasteiger partial charge in [0.2, 0.25) is 0 Å². The Balaban J connectivity index is 2.15. The fourth-order valence-corrected chi connectivity index (χ4v) is 2.03. The van der Waals surface area contributed by atoms with E-state index in [1.165, 1.54) is 0 Å². The van der Waals surface area contributed by atoms with Gasteiger partial charge in [0.25, 0.3) is 5.91 Å². The Morgan fingerprint density at radius 3 is 2.79 bits per heavy atom. The van der Waals surface area contributed by atoms with Crippen molar-refractivity contribution in [3.05, 3.63) is 47.8 Å². The fourth-order valence-electron chi connectivity index (χ4n) is 2.03. The summed E-state index contributed by atoms with van der Waals surface area (Å²) in [6.45, 7) is 2.06. The van der Waals surface area contributed by atoms with E-state index in [4.69, 9.17) is 0 Å². The largest absolute Gasteiger partial charge is 0.377 e. The summed E-state index contributed by atoms with van der Waals surface area (Å²) in [5, 5.41) is 10.1. The van der Waals surface area contributed by atoms with Crippen molar-refractivity contribution in [2.24, 2.45) is 7.05 Å². The zero-order chi connectivity index (χ0) is 13.8. The zero-order valence-electron chi connectivity index (χ0n) is 11.3. The van der Waals surface area contributed by atoms with Crippen molar-refractivity contribution < 1.29 is 4.79 Å². The number of carbonyl (C=O) groups excluding carboxylic acids is 1. The summed E-state index contributed by atoms with van der Waals surface area (Å²) >= 11 is 0. The number of hydrogen-bond acceptors (Lipinski definition) is 3. The first kappa shape index (κ1) is 13.1. The van der Waals surface area contributed by atoms with E-state index in [-0.39, 0.29) is 11.9 Å². The van der Waals surface area contributed by atoms with Gasteiger partial charge in [0.1, 0.15) is 0 Å². The van der Waals surface area contributed by atoms with E-state index in [1.807, 2.05) is 36.0 Å². The molecule has 0 bridgehead atoms. The van der Waals surface area contributed by atoms with E-state index in [0.29, 0.717) is 5.56 Å². The molecule has 0 fully saturated rings. The molecule has 0 saturated carbocycles. The number of aryl methyl sites for hydroxylation is 1. The molecule has 0 saturated heterocycles. The van der Waals surface area contributed by atoms with Gasteiger partial charge >= 0.3 is 0 Å². The fraction of sp³-hybridized carbons (Fsp3) is 0.286. The molecule has 0 aliphatic rings. The van der Waals surface area contributed by atoms with E-state index in [1.54, 1.807) is 19.3 Å². The minimum atomic E-state index is -0.0863. The molecule has 19 heavy (non-hydrogen) atoms. The van der Waals surface area contributed by atoms with Gasteiger partial charge in [0.15, 0.2) is 0 Å². The number of hydrogen-bond donors (Lipinski definition) is 2. The molecule has 5 nitrogen and oxygen atoms in total. The number of benzene rings is 1. The number of carbonyl (C=O) groups is 1. The van der Waals surface area contributed by atoms with Crippen molar-refractivity contribution >= 4 is 11.6 Å². The summed E-state index contributed by atoms with van der Waals surface area (Å²) in [6.07, 6.45) is 1.77. The Hall–Kier alpha value is -2.30. The van der Waals surface area contributed by atoms with Crippen LogP contribution in [0.3, 0.4) is 0 Å². The molecule has 1 aromatic heterocycles. The summed E-state index contributed by atoms with van der Waals surface area (Å²) in [6, 6.07) is 9.53. The van der Waals surface area contributed by atoms with Gasteiger partial charge in [0, 0.05) is 31.5 Å². The predicted molar refractivity (Wildman–Crippen MR) is 75.1 cm³/mol. The minimum absolute atomic E-state index is 0.0863. The van der Waals surface area contributed by atoms with Crippen LogP contribution in [0.15, 0.2) is 36.5 Å². The number of anilines is 1. The number of amides is 1. The molecule has 0 spiro atoms. The standard InChI is InChI=1S/C14H18N4O/c1-10(13-7-8-16-18(13)3)17-12-6-4-5-11(9-12)14(19)15-2/h4-10,17H,1-3H3,(H,15,19). The molecule has 2 rings (SSSR count). The second-order valence-corrected chi connectivity index (χ2v) is 4.41. The molecule has 0 aliphatic carbocycles. The number of nitrogens with one attached hydrogen (secondary N) is 2. The third kappa shape index (κ3) is 2.93. The van der Waals surface area contributed by atoms with E-state index >= 15 is 0 Å². The van der Waals surface area contributed by atoms with Gasteiger partial charge in [0.05, 0.1) is 11.7 Å². The first-order valence-electron chi connectivity index (χ1n) is 6.18. The van der Waals surface area contributed by atoms with Crippen molar-refractivity contribution in [3.8, 4) is 0 Å². The predicted octanol–water partition coefficient (Wildman–Crippen LogP) is 1.95. The summed E-state index contributed by atoms with van der Waals surface area (Å²) in [5.74, 6) is -0.0863. The Kier molecular flexibility index (Phi) is 3.85. The lowest BCUT2D eigenvalue weighted by Gasteiger charge is -2.16. The van der Waals surface area contributed by atoms with Crippen molar-refractivity contribution in [2.75, 3.05) is 12.4 Å². The highest BCUT2D eigenvalue weighted by Gasteiger charge is 2.10. The molecule has 1 atom stereocenters. The molecule has 0 aliphatic heterocycles. The Bertz CT molecular complexity index is 576. The van der Waals surface area contributed by atoms with Crippen molar-refractivity contribution in [2.45, 2.75) is 13.0 Å². The van der Waals surface area contributed by atoms with E-state index in [9.17, 15) is 4.79 Å². The van der Waals surface area contributed by atoms with E-state index in [0.717, 1.165) is 11.4 Å². The highest BCUT2D eigenvalue weighted by atomic mass is 16.1. The van der Waals surface area contributed by atoms with Crippen LogP contribution in [0.1, 0.15) is 29.0 Å². The van der Waals surface area contributed by atoms with Crippen LogP contribution in [0.2, 0.25) is 0 Å².